The zero-order valence-corrected chi connectivity index (χ0v) is 12.7. The van der Waals surface area contributed by atoms with Gasteiger partial charge in [0.2, 0.25) is 0 Å². The molecule has 0 saturated carbocycles. The Morgan fingerprint density at radius 2 is 1.89 bits per heavy atom. The molecule has 1 aliphatic carbocycles. The van der Waals surface area contributed by atoms with Gasteiger partial charge >= 0.3 is 0 Å². The van der Waals surface area contributed by atoms with Gasteiger partial charge in [-0.3, -0.25) is 0 Å². The molecule has 2 rings (SSSR count). The summed E-state index contributed by atoms with van der Waals surface area (Å²) in [7, 11) is 6.43. The van der Waals surface area contributed by atoms with Crippen LogP contribution in [-0.4, -0.2) is 32.6 Å². The topological polar surface area (TPSA) is 15.3 Å². The van der Waals surface area contributed by atoms with E-state index in [9.17, 15) is 0 Å². The van der Waals surface area contributed by atoms with Crippen molar-refractivity contribution in [3.8, 4) is 0 Å². The van der Waals surface area contributed by atoms with E-state index in [0.29, 0.717) is 6.04 Å². The standard InChI is InChI=1S/C17H28N2/c1-18-12-6-9-17(19(2)3)16-11-10-14-7-4-5-8-15(14)13-16/h10-11,13,17-18H,4-9,12H2,1-3H3. The average molecular weight is 260 g/mol. The van der Waals surface area contributed by atoms with Gasteiger partial charge in [0.1, 0.15) is 0 Å². The van der Waals surface area contributed by atoms with Crippen LogP contribution in [0.1, 0.15) is 48.4 Å². The van der Waals surface area contributed by atoms with Crippen molar-refractivity contribution in [2.45, 2.75) is 44.6 Å². The Bertz CT molecular complexity index is 398. The van der Waals surface area contributed by atoms with Gasteiger partial charge in [-0.05, 0) is 82.9 Å². The zero-order chi connectivity index (χ0) is 13.7. The van der Waals surface area contributed by atoms with Crippen LogP contribution in [0.15, 0.2) is 18.2 Å². The van der Waals surface area contributed by atoms with Crippen LogP contribution in [0.2, 0.25) is 0 Å². The lowest BCUT2D eigenvalue weighted by molar-refractivity contribution is 0.278. The number of rotatable bonds is 6. The van der Waals surface area contributed by atoms with Gasteiger partial charge in [0.05, 0.1) is 0 Å². The molecule has 19 heavy (non-hydrogen) atoms. The molecule has 0 saturated heterocycles. The predicted octanol–water partition coefficient (Wildman–Crippen LogP) is 3.17. The Morgan fingerprint density at radius 3 is 2.58 bits per heavy atom. The molecular weight excluding hydrogens is 232 g/mol. The summed E-state index contributed by atoms with van der Waals surface area (Å²) in [4.78, 5) is 2.36. The zero-order valence-electron chi connectivity index (χ0n) is 12.7. The highest BCUT2D eigenvalue weighted by molar-refractivity contribution is 5.35. The van der Waals surface area contributed by atoms with E-state index in [-0.39, 0.29) is 0 Å². The van der Waals surface area contributed by atoms with Gasteiger partial charge in [0.25, 0.3) is 0 Å². The lowest BCUT2D eigenvalue weighted by Gasteiger charge is -2.27. The Kier molecular flexibility index (Phi) is 5.41. The minimum Gasteiger partial charge on any atom is -0.320 e. The molecular formula is C17H28N2. The highest BCUT2D eigenvalue weighted by Crippen LogP contribution is 2.28. The molecule has 1 aromatic carbocycles. The second-order valence-electron chi connectivity index (χ2n) is 5.96. The van der Waals surface area contributed by atoms with Crippen LogP contribution in [0.5, 0.6) is 0 Å². The first-order chi connectivity index (χ1) is 9.22. The van der Waals surface area contributed by atoms with Crippen LogP contribution < -0.4 is 5.32 Å². The quantitative estimate of drug-likeness (QED) is 0.790. The Morgan fingerprint density at radius 1 is 1.16 bits per heavy atom. The van der Waals surface area contributed by atoms with E-state index in [1.165, 1.54) is 44.1 Å². The Labute approximate surface area is 118 Å². The second-order valence-corrected chi connectivity index (χ2v) is 5.96. The van der Waals surface area contributed by atoms with Crippen molar-refractivity contribution in [1.82, 2.24) is 10.2 Å². The smallest absolute Gasteiger partial charge is 0.0342 e. The number of fused-ring (bicyclic) bond motifs is 1. The summed E-state index contributed by atoms with van der Waals surface area (Å²) >= 11 is 0. The third kappa shape index (κ3) is 3.80. The van der Waals surface area contributed by atoms with E-state index in [0.717, 1.165) is 6.54 Å². The van der Waals surface area contributed by atoms with Crippen LogP contribution in [0.3, 0.4) is 0 Å². The number of benzene rings is 1. The number of hydrogen-bond acceptors (Lipinski definition) is 2. The van der Waals surface area contributed by atoms with E-state index < -0.39 is 0 Å². The second kappa shape index (κ2) is 7.06. The minimum absolute atomic E-state index is 0.556. The maximum absolute atomic E-state index is 3.24. The van der Waals surface area contributed by atoms with Crippen molar-refractivity contribution >= 4 is 0 Å². The van der Waals surface area contributed by atoms with Gasteiger partial charge in [-0.2, -0.15) is 0 Å². The van der Waals surface area contributed by atoms with Crippen molar-refractivity contribution < 1.29 is 0 Å². The van der Waals surface area contributed by atoms with Gasteiger partial charge in [0.15, 0.2) is 0 Å². The lowest BCUT2D eigenvalue weighted by Crippen LogP contribution is -2.22. The van der Waals surface area contributed by atoms with Crippen LogP contribution in [0.4, 0.5) is 0 Å². The van der Waals surface area contributed by atoms with E-state index >= 15 is 0 Å². The molecule has 0 bridgehead atoms. The molecule has 0 radical (unpaired) electrons. The third-order valence-corrected chi connectivity index (χ3v) is 4.29. The number of aryl methyl sites for hydroxylation is 2. The Balaban J connectivity index is 2.12. The summed E-state index contributed by atoms with van der Waals surface area (Å²) < 4.78 is 0. The number of hydrogen-bond donors (Lipinski definition) is 1. The van der Waals surface area contributed by atoms with Gasteiger partial charge in [-0.15, -0.1) is 0 Å². The van der Waals surface area contributed by atoms with E-state index in [1.54, 1.807) is 11.1 Å². The maximum Gasteiger partial charge on any atom is 0.0342 e. The van der Waals surface area contributed by atoms with E-state index in [2.05, 4.69) is 42.5 Å². The molecule has 1 aromatic rings. The highest BCUT2D eigenvalue weighted by atomic mass is 15.1. The fourth-order valence-corrected chi connectivity index (χ4v) is 3.16. The van der Waals surface area contributed by atoms with Gasteiger partial charge < -0.3 is 10.2 Å². The largest absolute Gasteiger partial charge is 0.320 e. The number of nitrogens with zero attached hydrogens (tertiary/aromatic N) is 1. The fraction of sp³-hybridized carbons (Fsp3) is 0.647. The van der Waals surface area contributed by atoms with Crippen molar-refractivity contribution in [3.05, 3.63) is 34.9 Å². The fourth-order valence-electron chi connectivity index (χ4n) is 3.16. The molecule has 0 fully saturated rings. The molecule has 0 heterocycles. The first-order valence-corrected chi connectivity index (χ1v) is 7.65. The highest BCUT2D eigenvalue weighted by Gasteiger charge is 2.16. The van der Waals surface area contributed by atoms with Crippen molar-refractivity contribution in [2.24, 2.45) is 0 Å². The van der Waals surface area contributed by atoms with E-state index in [1.807, 2.05) is 7.05 Å². The average Bonchev–Trinajstić information content (AvgIpc) is 2.43. The predicted molar refractivity (Wildman–Crippen MR) is 82.7 cm³/mol. The van der Waals surface area contributed by atoms with Crippen LogP contribution in [0, 0.1) is 0 Å². The lowest BCUT2D eigenvalue weighted by atomic mass is 9.88. The Hall–Kier alpha value is -0.860. The molecule has 1 unspecified atom stereocenters. The first kappa shape index (κ1) is 14.5. The van der Waals surface area contributed by atoms with Crippen LogP contribution >= 0.6 is 0 Å². The molecule has 1 atom stereocenters. The van der Waals surface area contributed by atoms with Gasteiger partial charge in [0, 0.05) is 6.04 Å². The molecule has 2 heteroatoms. The van der Waals surface area contributed by atoms with Crippen molar-refractivity contribution in [1.29, 1.82) is 0 Å². The van der Waals surface area contributed by atoms with Crippen molar-refractivity contribution in [2.75, 3.05) is 27.7 Å². The maximum atomic E-state index is 3.24. The molecule has 106 valence electrons. The SMILES string of the molecule is CNCCCC(c1ccc2c(c1)CCCC2)N(C)C. The summed E-state index contributed by atoms with van der Waals surface area (Å²) in [5.41, 5.74) is 4.69. The number of nitrogens with one attached hydrogen (secondary N) is 1. The normalized spacial score (nSPS) is 16.4. The molecule has 0 spiro atoms. The summed E-state index contributed by atoms with van der Waals surface area (Å²) in [5.74, 6) is 0. The molecule has 1 aliphatic rings. The molecule has 0 aromatic heterocycles. The van der Waals surface area contributed by atoms with Crippen LogP contribution in [0.25, 0.3) is 0 Å². The molecule has 1 N–H and O–H groups in total. The minimum atomic E-state index is 0.556. The third-order valence-electron chi connectivity index (χ3n) is 4.29. The summed E-state index contributed by atoms with van der Waals surface area (Å²) in [6.45, 7) is 1.11. The summed E-state index contributed by atoms with van der Waals surface area (Å²) in [6.07, 6.45) is 7.75. The van der Waals surface area contributed by atoms with Crippen molar-refractivity contribution in [3.63, 3.8) is 0 Å². The first-order valence-electron chi connectivity index (χ1n) is 7.65. The van der Waals surface area contributed by atoms with Crippen LogP contribution in [-0.2, 0) is 12.8 Å². The molecule has 0 aliphatic heterocycles. The van der Waals surface area contributed by atoms with E-state index in [4.69, 9.17) is 0 Å². The molecule has 2 nitrogen and oxygen atoms in total. The van der Waals surface area contributed by atoms with Gasteiger partial charge in [-0.1, -0.05) is 18.2 Å². The summed E-state index contributed by atoms with van der Waals surface area (Å²) in [5, 5.41) is 3.24. The molecule has 0 amide bonds. The van der Waals surface area contributed by atoms with Gasteiger partial charge in [-0.25, -0.2) is 0 Å². The monoisotopic (exact) mass is 260 g/mol. The summed E-state index contributed by atoms with van der Waals surface area (Å²) in [6, 6.07) is 7.76.